The van der Waals surface area contributed by atoms with Crippen molar-refractivity contribution in [2.75, 3.05) is 0 Å². The lowest BCUT2D eigenvalue weighted by Crippen LogP contribution is -2.31. The summed E-state index contributed by atoms with van der Waals surface area (Å²) in [4.78, 5) is 29.7. The van der Waals surface area contributed by atoms with Crippen LogP contribution in [0.4, 0.5) is 13.2 Å². The highest BCUT2D eigenvalue weighted by Gasteiger charge is 2.31. The molecule has 4 aromatic rings. The minimum absolute atomic E-state index is 0.0986. The van der Waals surface area contributed by atoms with Crippen LogP contribution in [-0.4, -0.2) is 35.7 Å². The molecule has 3 heterocycles. The maximum atomic E-state index is 14.7. The Morgan fingerprint density at radius 1 is 1.16 bits per heavy atom. The number of benzene rings is 1. The summed E-state index contributed by atoms with van der Waals surface area (Å²) in [6.45, 7) is 2.07. The van der Waals surface area contributed by atoms with Gasteiger partial charge in [0.25, 0.3) is 17.4 Å². The number of carbonyl (C=O) groups is 1. The molecular formula is C25H22F3N7O2. The smallest absolute Gasteiger partial charge is 0.273 e. The Labute approximate surface area is 209 Å². The van der Waals surface area contributed by atoms with E-state index in [2.05, 4.69) is 25.7 Å². The molecule has 37 heavy (non-hydrogen) atoms. The Morgan fingerprint density at radius 3 is 2.68 bits per heavy atom. The minimum atomic E-state index is -3.38. The standard InChI is InChI=1S/C25H22F3N7O2/c1-14(18-4-3-5-19(23(18)26)25(2,27)28)31-24(37)20-8-9-22(36)35(32-20)17-10-15(11-29-12-17)21-13-30-33-34(21)16-6-7-16/h3-5,8-14,16H,6-7H2,1-2H3,(H,31,37)/t14-/m1/s1. The van der Waals surface area contributed by atoms with E-state index >= 15 is 0 Å². The molecule has 190 valence electrons. The molecule has 1 N–H and O–H groups in total. The lowest BCUT2D eigenvalue weighted by Gasteiger charge is -2.19. The first-order chi connectivity index (χ1) is 17.6. The average molecular weight is 509 g/mol. The number of aromatic nitrogens is 6. The monoisotopic (exact) mass is 509 g/mol. The van der Waals surface area contributed by atoms with E-state index in [9.17, 15) is 22.8 Å². The fourth-order valence-electron chi connectivity index (χ4n) is 4.01. The van der Waals surface area contributed by atoms with E-state index in [1.54, 1.807) is 18.5 Å². The minimum Gasteiger partial charge on any atom is -0.344 e. The number of hydrogen-bond donors (Lipinski definition) is 1. The fourth-order valence-corrected chi connectivity index (χ4v) is 4.01. The van der Waals surface area contributed by atoms with E-state index in [0.29, 0.717) is 18.2 Å². The summed E-state index contributed by atoms with van der Waals surface area (Å²) < 4.78 is 45.0. The quantitative estimate of drug-likeness (QED) is 0.404. The van der Waals surface area contributed by atoms with Crippen LogP contribution in [0.15, 0.2) is 59.8 Å². The van der Waals surface area contributed by atoms with E-state index in [0.717, 1.165) is 29.3 Å². The van der Waals surface area contributed by atoms with Gasteiger partial charge >= 0.3 is 0 Å². The van der Waals surface area contributed by atoms with Crippen molar-refractivity contribution in [3.63, 3.8) is 0 Å². The molecule has 0 radical (unpaired) electrons. The summed E-state index contributed by atoms with van der Waals surface area (Å²) in [7, 11) is 0. The van der Waals surface area contributed by atoms with Crippen molar-refractivity contribution in [1.82, 2.24) is 35.1 Å². The molecule has 1 saturated carbocycles. The van der Waals surface area contributed by atoms with Crippen LogP contribution in [0.25, 0.3) is 16.9 Å². The number of hydrogen-bond acceptors (Lipinski definition) is 6. The van der Waals surface area contributed by atoms with Crippen molar-refractivity contribution in [1.29, 1.82) is 0 Å². The maximum absolute atomic E-state index is 14.7. The second-order valence-corrected chi connectivity index (χ2v) is 8.99. The van der Waals surface area contributed by atoms with Crippen molar-refractivity contribution in [2.24, 2.45) is 0 Å². The molecule has 1 fully saturated rings. The van der Waals surface area contributed by atoms with Crippen LogP contribution >= 0.6 is 0 Å². The van der Waals surface area contributed by atoms with Gasteiger partial charge in [-0.05, 0) is 31.9 Å². The van der Waals surface area contributed by atoms with Gasteiger partial charge < -0.3 is 5.32 Å². The fraction of sp³-hybridized carbons (Fsp3) is 0.280. The summed E-state index contributed by atoms with van der Waals surface area (Å²) in [5, 5.41) is 14.8. The van der Waals surface area contributed by atoms with Crippen molar-refractivity contribution in [3.05, 3.63) is 88.0 Å². The third-order valence-corrected chi connectivity index (χ3v) is 6.08. The molecule has 9 nitrogen and oxygen atoms in total. The molecule has 3 aromatic heterocycles. The molecule has 0 bridgehead atoms. The number of alkyl halides is 2. The van der Waals surface area contributed by atoms with Crippen molar-refractivity contribution >= 4 is 5.91 Å². The van der Waals surface area contributed by atoms with Crippen molar-refractivity contribution in [2.45, 2.75) is 44.7 Å². The number of rotatable bonds is 7. The van der Waals surface area contributed by atoms with Gasteiger partial charge in [-0.15, -0.1) is 5.10 Å². The molecular weight excluding hydrogens is 487 g/mol. The molecule has 1 amide bonds. The number of nitrogens with zero attached hydrogens (tertiary/aromatic N) is 6. The summed E-state index contributed by atoms with van der Waals surface area (Å²) in [6.07, 6.45) is 6.68. The van der Waals surface area contributed by atoms with Gasteiger partial charge in [-0.25, -0.2) is 17.9 Å². The van der Waals surface area contributed by atoms with E-state index in [1.807, 2.05) is 4.68 Å². The van der Waals surface area contributed by atoms with Crippen molar-refractivity contribution < 1.29 is 18.0 Å². The molecule has 0 spiro atoms. The zero-order valence-corrected chi connectivity index (χ0v) is 19.9. The predicted octanol–water partition coefficient (Wildman–Crippen LogP) is 3.96. The Morgan fingerprint density at radius 2 is 1.95 bits per heavy atom. The Balaban J connectivity index is 1.41. The first-order valence-electron chi connectivity index (χ1n) is 11.6. The molecule has 0 unspecified atom stereocenters. The molecule has 0 saturated heterocycles. The van der Waals surface area contributed by atoms with E-state index in [4.69, 9.17) is 0 Å². The van der Waals surface area contributed by atoms with Crippen LogP contribution in [-0.2, 0) is 5.92 Å². The third kappa shape index (κ3) is 4.86. The SMILES string of the molecule is C[C@@H](NC(=O)c1ccc(=O)n(-c2cncc(-c3cnnn3C3CC3)c2)n1)c1cccc(C(C)(F)F)c1F. The molecule has 1 atom stereocenters. The first kappa shape index (κ1) is 24.3. The normalized spacial score (nSPS) is 14.4. The summed E-state index contributed by atoms with van der Waals surface area (Å²) in [5.74, 6) is -5.19. The highest BCUT2D eigenvalue weighted by Crippen LogP contribution is 2.37. The van der Waals surface area contributed by atoms with Crippen LogP contribution in [0.3, 0.4) is 0 Å². The largest absolute Gasteiger partial charge is 0.344 e. The highest BCUT2D eigenvalue weighted by molar-refractivity contribution is 5.92. The van der Waals surface area contributed by atoms with Gasteiger partial charge in [0.05, 0.1) is 41.4 Å². The first-order valence-corrected chi connectivity index (χ1v) is 11.6. The average Bonchev–Trinajstić information content (AvgIpc) is 3.59. The number of halogens is 3. The third-order valence-electron chi connectivity index (χ3n) is 6.08. The summed E-state index contributed by atoms with van der Waals surface area (Å²) in [5.41, 5.74) is 0.254. The second kappa shape index (κ2) is 9.26. The van der Waals surface area contributed by atoms with Gasteiger partial charge in [0.2, 0.25) is 0 Å². The van der Waals surface area contributed by atoms with Crippen LogP contribution in [0.5, 0.6) is 0 Å². The number of nitrogens with one attached hydrogen (secondary N) is 1. The van der Waals surface area contributed by atoms with Crippen LogP contribution in [0.1, 0.15) is 60.4 Å². The van der Waals surface area contributed by atoms with Crippen LogP contribution in [0, 0.1) is 5.82 Å². The molecule has 1 aliphatic rings. The maximum Gasteiger partial charge on any atom is 0.273 e. The van der Waals surface area contributed by atoms with Gasteiger partial charge in [0.15, 0.2) is 0 Å². The zero-order chi connectivity index (χ0) is 26.3. The van der Waals surface area contributed by atoms with E-state index in [-0.39, 0.29) is 17.3 Å². The van der Waals surface area contributed by atoms with Gasteiger partial charge in [0, 0.05) is 30.3 Å². The topological polar surface area (TPSA) is 108 Å². The van der Waals surface area contributed by atoms with Crippen LogP contribution < -0.4 is 10.9 Å². The molecule has 12 heteroatoms. The summed E-state index contributed by atoms with van der Waals surface area (Å²) >= 11 is 0. The summed E-state index contributed by atoms with van der Waals surface area (Å²) in [6, 6.07) is 7.06. The highest BCUT2D eigenvalue weighted by atomic mass is 19.3. The Bertz CT molecular complexity index is 1540. The molecule has 0 aliphatic heterocycles. The molecule has 5 rings (SSSR count). The Hall–Kier alpha value is -4.35. The van der Waals surface area contributed by atoms with Gasteiger partial charge in [-0.1, -0.05) is 23.4 Å². The molecule has 1 aliphatic carbocycles. The van der Waals surface area contributed by atoms with Gasteiger partial charge in [-0.2, -0.15) is 9.78 Å². The van der Waals surface area contributed by atoms with Gasteiger partial charge in [0.1, 0.15) is 11.5 Å². The zero-order valence-electron chi connectivity index (χ0n) is 19.9. The number of amides is 1. The second-order valence-electron chi connectivity index (χ2n) is 8.99. The number of carbonyl (C=O) groups excluding carboxylic acids is 1. The van der Waals surface area contributed by atoms with Crippen LogP contribution in [0.2, 0.25) is 0 Å². The van der Waals surface area contributed by atoms with E-state index < -0.39 is 34.8 Å². The predicted molar refractivity (Wildman–Crippen MR) is 127 cm³/mol. The molecule has 1 aromatic carbocycles. The number of pyridine rings is 1. The lowest BCUT2D eigenvalue weighted by molar-refractivity contribution is 0.0135. The Kier molecular flexibility index (Phi) is 6.10. The van der Waals surface area contributed by atoms with E-state index in [1.165, 1.54) is 37.4 Å². The lowest BCUT2D eigenvalue weighted by atomic mass is 10.0. The van der Waals surface area contributed by atoms with Crippen molar-refractivity contribution in [3.8, 4) is 16.9 Å². The van der Waals surface area contributed by atoms with Gasteiger partial charge in [-0.3, -0.25) is 14.6 Å².